The zero-order chi connectivity index (χ0) is 15.2. The number of rotatable bonds is 5. The van der Waals surface area contributed by atoms with Gasteiger partial charge in [-0.25, -0.2) is 8.78 Å². The normalized spacial score (nSPS) is 19.5. The van der Waals surface area contributed by atoms with Crippen LogP contribution in [0.5, 0.6) is 0 Å². The zero-order valence-corrected chi connectivity index (χ0v) is 12.3. The Balaban J connectivity index is 1.90. The van der Waals surface area contributed by atoms with E-state index in [1.54, 1.807) is 6.92 Å². The summed E-state index contributed by atoms with van der Waals surface area (Å²) in [6, 6.07) is 3.60. The molecule has 0 saturated carbocycles. The molecule has 1 atom stereocenters. The first-order valence-corrected chi connectivity index (χ1v) is 7.39. The Labute approximate surface area is 123 Å². The molecule has 21 heavy (non-hydrogen) atoms. The van der Waals surface area contributed by atoms with Gasteiger partial charge in [-0.05, 0) is 49.9 Å². The zero-order valence-electron chi connectivity index (χ0n) is 12.3. The summed E-state index contributed by atoms with van der Waals surface area (Å²) in [5.74, 6) is -1.01. The van der Waals surface area contributed by atoms with Crippen molar-refractivity contribution < 1.29 is 18.3 Å². The predicted octanol–water partition coefficient (Wildman–Crippen LogP) is 3.13. The van der Waals surface area contributed by atoms with Gasteiger partial charge in [-0.2, -0.15) is 0 Å². The quantitative estimate of drug-likeness (QED) is 0.782. The lowest BCUT2D eigenvalue weighted by atomic mass is 9.94. The van der Waals surface area contributed by atoms with E-state index in [0.717, 1.165) is 32.0 Å². The summed E-state index contributed by atoms with van der Waals surface area (Å²) in [7, 11) is 0. The van der Waals surface area contributed by atoms with Crippen molar-refractivity contribution in [3.8, 4) is 0 Å². The second-order valence-corrected chi connectivity index (χ2v) is 5.53. The number of nitrogens with zero attached hydrogens (tertiary/aromatic N) is 1. The highest BCUT2D eigenvalue weighted by molar-refractivity contribution is 5.69. The Morgan fingerprint density at radius 1 is 1.33 bits per heavy atom. The molecular formula is C16H21F2NO2. The Morgan fingerprint density at radius 2 is 2.05 bits per heavy atom. The van der Waals surface area contributed by atoms with E-state index in [-0.39, 0.29) is 11.9 Å². The van der Waals surface area contributed by atoms with Gasteiger partial charge in [-0.1, -0.05) is 0 Å². The van der Waals surface area contributed by atoms with Crippen LogP contribution in [0.3, 0.4) is 0 Å². The van der Waals surface area contributed by atoms with Crippen molar-refractivity contribution in [2.24, 2.45) is 5.92 Å². The molecule has 3 nitrogen and oxygen atoms in total. The van der Waals surface area contributed by atoms with Gasteiger partial charge >= 0.3 is 5.97 Å². The van der Waals surface area contributed by atoms with E-state index in [2.05, 4.69) is 4.90 Å². The number of esters is 1. The monoisotopic (exact) mass is 297 g/mol. The van der Waals surface area contributed by atoms with Gasteiger partial charge in [-0.15, -0.1) is 0 Å². The number of carbonyl (C=O) groups excluding carboxylic acids is 1. The van der Waals surface area contributed by atoms with E-state index in [0.29, 0.717) is 25.1 Å². The van der Waals surface area contributed by atoms with E-state index in [4.69, 9.17) is 4.74 Å². The molecule has 0 aliphatic carbocycles. The summed E-state index contributed by atoms with van der Waals surface area (Å²) >= 11 is 0. The standard InChI is InChI=1S/C16H21F2NO2/c1-2-21-16(20)8-12-4-3-5-19(10-12)11-13-6-14(17)9-15(18)7-13/h6-7,9,12H,2-5,8,10-11H2,1H3/t12-/m0/s1. The van der Waals surface area contributed by atoms with Gasteiger partial charge < -0.3 is 4.74 Å². The molecule has 0 spiro atoms. The van der Waals surface area contributed by atoms with E-state index in [1.807, 2.05) is 0 Å². The summed E-state index contributed by atoms with van der Waals surface area (Å²) in [5.41, 5.74) is 0.629. The highest BCUT2D eigenvalue weighted by atomic mass is 19.1. The third-order valence-corrected chi connectivity index (χ3v) is 3.69. The topological polar surface area (TPSA) is 29.5 Å². The van der Waals surface area contributed by atoms with Crippen molar-refractivity contribution in [1.29, 1.82) is 0 Å². The minimum atomic E-state index is -0.551. The fourth-order valence-electron chi connectivity index (χ4n) is 2.88. The number of benzene rings is 1. The van der Waals surface area contributed by atoms with Gasteiger partial charge in [0, 0.05) is 25.6 Å². The van der Waals surface area contributed by atoms with Crippen LogP contribution >= 0.6 is 0 Å². The molecule has 0 unspecified atom stereocenters. The second-order valence-electron chi connectivity index (χ2n) is 5.53. The molecule has 2 rings (SSSR count). The van der Waals surface area contributed by atoms with Crippen molar-refractivity contribution in [2.75, 3.05) is 19.7 Å². The third-order valence-electron chi connectivity index (χ3n) is 3.69. The largest absolute Gasteiger partial charge is 0.466 e. The van der Waals surface area contributed by atoms with Crippen molar-refractivity contribution >= 4 is 5.97 Å². The molecule has 0 bridgehead atoms. The molecule has 0 aromatic heterocycles. The van der Waals surface area contributed by atoms with E-state index in [1.165, 1.54) is 12.1 Å². The highest BCUT2D eigenvalue weighted by Crippen LogP contribution is 2.22. The summed E-state index contributed by atoms with van der Waals surface area (Å²) in [6.45, 7) is 4.35. The molecule has 1 aliphatic heterocycles. The van der Waals surface area contributed by atoms with Gasteiger partial charge in [0.05, 0.1) is 6.61 Å². The lowest BCUT2D eigenvalue weighted by Gasteiger charge is -2.32. The molecule has 1 aromatic carbocycles. The molecule has 1 aliphatic rings. The number of carbonyl (C=O) groups is 1. The maximum absolute atomic E-state index is 13.2. The van der Waals surface area contributed by atoms with Crippen molar-refractivity contribution in [1.82, 2.24) is 4.90 Å². The molecule has 1 heterocycles. The summed E-state index contributed by atoms with van der Waals surface area (Å²) < 4.78 is 31.4. The fourth-order valence-corrected chi connectivity index (χ4v) is 2.88. The van der Waals surface area contributed by atoms with Gasteiger partial charge in [0.15, 0.2) is 0 Å². The SMILES string of the molecule is CCOC(=O)C[C@@H]1CCCN(Cc2cc(F)cc(F)c2)C1. The molecule has 116 valence electrons. The van der Waals surface area contributed by atoms with Crippen LogP contribution in [0.2, 0.25) is 0 Å². The maximum atomic E-state index is 13.2. The van der Waals surface area contributed by atoms with E-state index >= 15 is 0 Å². The van der Waals surface area contributed by atoms with Crippen molar-refractivity contribution in [3.05, 3.63) is 35.4 Å². The van der Waals surface area contributed by atoms with Crippen molar-refractivity contribution in [3.63, 3.8) is 0 Å². The number of ether oxygens (including phenoxy) is 1. The Morgan fingerprint density at radius 3 is 2.71 bits per heavy atom. The third kappa shape index (κ3) is 5.08. The Bertz CT molecular complexity index is 473. The average Bonchev–Trinajstić information content (AvgIpc) is 2.37. The van der Waals surface area contributed by atoms with Crippen LogP contribution in [0.15, 0.2) is 18.2 Å². The van der Waals surface area contributed by atoms with Crippen LogP contribution in [0.1, 0.15) is 31.7 Å². The number of halogens is 2. The molecule has 0 radical (unpaired) electrons. The van der Waals surface area contributed by atoms with Crippen LogP contribution in [0.4, 0.5) is 8.78 Å². The average molecular weight is 297 g/mol. The van der Waals surface area contributed by atoms with Gasteiger partial charge in [0.1, 0.15) is 11.6 Å². The van der Waals surface area contributed by atoms with Crippen LogP contribution < -0.4 is 0 Å². The number of piperidine rings is 1. The first-order chi connectivity index (χ1) is 10.1. The molecule has 0 amide bonds. The smallest absolute Gasteiger partial charge is 0.306 e. The predicted molar refractivity (Wildman–Crippen MR) is 75.6 cm³/mol. The molecular weight excluding hydrogens is 276 g/mol. The molecule has 1 saturated heterocycles. The summed E-state index contributed by atoms with van der Waals surface area (Å²) in [6.07, 6.45) is 2.40. The maximum Gasteiger partial charge on any atom is 0.306 e. The van der Waals surface area contributed by atoms with Gasteiger partial charge in [0.2, 0.25) is 0 Å². The van der Waals surface area contributed by atoms with Crippen molar-refractivity contribution in [2.45, 2.75) is 32.7 Å². The molecule has 1 fully saturated rings. The summed E-state index contributed by atoms with van der Waals surface area (Å²) in [4.78, 5) is 13.7. The number of hydrogen-bond acceptors (Lipinski definition) is 3. The molecule has 0 N–H and O–H groups in total. The molecule has 1 aromatic rings. The van der Waals surface area contributed by atoms with Gasteiger partial charge in [-0.3, -0.25) is 9.69 Å². The minimum absolute atomic E-state index is 0.166. The van der Waals surface area contributed by atoms with Gasteiger partial charge in [0.25, 0.3) is 0 Å². The number of likely N-dealkylation sites (tertiary alicyclic amines) is 1. The van der Waals surface area contributed by atoms with Crippen LogP contribution in [0, 0.1) is 17.6 Å². The number of hydrogen-bond donors (Lipinski definition) is 0. The fraction of sp³-hybridized carbons (Fsp3) is 0.562. The Hall–Kier alpha value is -1.49. The minimum Gasteiger partial charge on any atom is -0.466 e. The van der Waals surface area contributed by atoms with E-state index in [9.17, 15) is 13.6 Å². The first kappa shape index (κ1) is 15.9. The first-order valence-electron chi connectivity index (χ1n) is 7.39. The Kier molecular flexibility index (Phi) is 5.67. The molecule has 5 heteroatoms. The van der Waals surface area contributed by atoms with Crippen LogP contribution in [0.25, 0.3) is 0 Å². The van der Waals surface area contributed by atoms with E-state index < -0.39 is 11.6 Å². The lowest BCUT2D eigenvalue weighted by molar-refractivity contribution is -0.144. The van der Waals surface area contributed by atoms with Crippen LogP contribution in [-0.2, 0) is 16.1 Å². The van der Waals surface area contributed by atoms with Crippen LogP contribution in [-0.4, -0.2) is 30.6 Å². The highest BCUT2D eigenvalue weighted by Gasteiger charge is 2.23. The lowest BCUT2D eigenvalue weighted by Crippen LogP contribution is -2.36. The summed E-state index contributed by atoms with van der Waals surface area (Å²) in [5, 5.41) is 0. The second kappa shape index (κ2) is 7.50.